The van der Waals surface area contributed by atoms with Gasteiger partial charge in [-0.3, -0.25) is 10.1 Å². The molecule has 0 spiro atoms. The minimum absolute atomic E-state index is 0.178. The topological polar surface area (TPSA) is 79.4 Å². The number of hydrogen-bond donors (Lipinski definition) is 1. The number of rotatable bonds is 7. The molecule has 1 amide bonds. The summed E-state index contributed by atoms with van der Waals surface area (Å²) in [4.78, 5) is 18.3. The van der Waals surface area contributed by atoms with Crippen LogP contribution >= 0.6 is 23.1 Å². The monoisotopic (exact) mass is 435 g/mol. The summed E-state index contributed by atoms with van der Waals surface area (Å²) in [6, 6.07) is 11.9. The number of fused-ring (bicyclic) bond motifs is 1. The van der Waals surface area contributed by atoms with Crippen molar-refractivity contribution in [3.8, 4) is 0 Å². The third-order valence-corrected chi connectivity index (χ3v) is 8.00. The fraction of sp³-hybridized carbons (Fsp3) is 0.263. The van der Waals surface area contributed by atoms with Gasteiger partial charge in [-0.05, 0) is 48.7 Å². The zero-order chi connectivity index (χ0) is 20.3. The van der Waals surface area contributed by atoms with E-state index in [9.17, 15) is 13.2 Å². The standard InChI is InChI=1S/C19H21N3O3S3/c1-4-22(5-2)28(24,25)15-9-6-13(7-10-15)18(23)21-19-20-16-11-8-14(26-3)12-17(16)27-19/h6-12H,4-5H2,1-3H3,(H,20,21,23). The molecule has 0 aliphatic carbocycles. The third-order valence-electron chi connectivity index (χ3n) is 4.28. The van der Waals surface area contributed by atoms with Gasteiger partial charge in [0, 0.05) is 23.5 Å². The molecule has 9 heteroatoms. The number of thioether (sulfide) groups is 1. The first-order valence-electron chi connectivity index (χ1n) is 8.75. The second-order valence-corrected chi connectivity index (χ2v) is 9.77. The predicted octanol–water partition coefficient (Wildman–Crippen LogP) is 4.30. The number of anilines is 1. The second kappa shape index (κ2) is 8.60. The van der Waals surface area contributed by atoms with Crippen LogP contribution in [-0.4, -0.2) is 43.0 Å². The molecule has 2 aromatic carbocycles. The van der Waals surface area contributed by atoms with Crippen LogP contribution in [0.1, 0.15) is 24.2 Å². The molecule has 0 saturated heterocycles. The number of nitrogens with one attached hydrogen (secondary N) is 1. The van der Waals surface area contributed by atoms with Crippen LogP contribution in [0.15, 0.2) is 52.3 Å². The number of sulfonamides is 1. The van der Waals surface area contributed by atoms with Gasteiger partial charge in [0.05, 0.1) is 15.1 Å². The van der Waals surface area contributed by atoms with Crippen LogP contribution in [0.4, 0.5) is 5.13 Å². The summed E-state index contributed by atoms with van der Waals surface area (Å²) in [5.41, 5.74) is 1.21. The quantitative estimate of drug-likeness (QED) is 0.560. The first-order chi connectivity index (χ1) is 13.4. The van der Waals surface area contributed by atoms with Crippen LogP contribution < -0.4 is 5.32 Å². The van der Waals surface area contributed by atoms with Gasteiger partial charge in [-0.25, -0.2) is 13.4 Å². The van der Waals surface area contributed by atoms with Crippen LogP contribution in [0.3, 0.4) is 0 Å². The van der Waals surface area contributed by atoms with Crippen LogP contribution in [0.25, 0.3) is 10.2 Å². The largest absolute Gasteiger partial charge is 0.298 e. The smallest absolute Gasteiger partial charge is 0.257 e. The van der Waals surface area contributed by atoms with Crippen molar-refractivity contribution < 1.29 is 13.2 Å². The van der Waals surface area contributed by atoms with Gasteiger partial charge in [0.25, 0.3) is 5.91 Å². The lowest BCUT2D eigenvalue weighted by molar-refractivity contribution is 0.102. The molecule has 3 aromatic rings. The van der Waals surface area contributed by atoms with E-state index in [1.807, 2.05) is 24.5 Å². The average Bonchev–Trinajstić information content (AvgIpc) is 3.10. The number of hydrogen-bond acceptors (Lipinski definition) is 6. The highest BCUT2D eigenvalue weighted by Gasteiger charge is 2.21. The molecule has 1 N–H and O–H groups in total. The molecule has 1 aromatic heterocycles. The summed E-state index contributed by atoms with van der Waals surface area (Å²) < 4.78 is 27.5. The number of nitrogens with zero attached hydrogens (tertiary/aromatic N) is 2. The molecule has 0 unspecified atom stereocenters. The maximum Gasteiger partial charge on any atom is 0.257 e. The van der Waals surface area contributed by atoms with Crippen LogP contribution in [0.2, 0.25) is 0 Å². The lowest BCUT2D eigenvalue weighted by Crippen LogP contribution is -2.30. The van der Waals surface area contributed by atoms with Gasteiger partial charge in [0.1, 0.15) is 0 Å². The first kappa shape index (κ1) is 20.8. The Morgan fingerprint density at radius 2 is 1.82 bits per heavy atom. The number of benzene rings is 2. The second-order valence-electron chi connectivity index (χ2n) is 5.92. The highest BCUT2D eigenvalue weighted by Crippen LogP contribution is 2.29. The van der Waals surface area contributed by atoms with E-state index >= 15 is 0 Å². The third kappa shape index (κ3) is 4.22. The normalized spacial score (nSPS) is 11.9. The number of thiazole rings is 1. The fourth-order valence-corrected chi connectivity index (χ4v) is 5.62. The number of amides is 1. The number of carbonyl (C=O) groups is 1. The van der Waals surface area contributed by atoms with Gasteiger partial charge in [0.2, 0.25) is 10.0 Å². The summed E-state index contributed by atoms with van der Waals surface area (Å²) in [5, 5.41) is 3.30. The molecule has 3 rings (SSSR count). The molecule has 148 valence electrons. The molecular weight excluding hydrogens is 414 g/mol. The maximum atomic E-state index is 12.5. The highest BCUT2D eigenvalue weighted by molar-refractivity contribution is 7.98. The summed E-state index contributed by atoms with van der Waals surface area (Å²) in [6.45, 7) is 4.39. The zero-order valence-corrected chi connectivity index (χ0v) is 18.2. The van der Waals surface area contributed by atoms with Crippen molar-refractivity contribution >= 4 is 54.4 Å². The van der Waals surface area contributed by atoms with Crippen molar-refractivity contribution in [2.45, 2.75) is 23.6 Å². The Labute approximate surface area is 173 Å². The predicted molar refractivity (Wildman–Crippen MR) is 116 cm³/mol. The van der Waals surface area contributed by atoms with Gasteiger partial charge in [-0.1, -0.05) is 25.2 Å². The van der Waals surface area contributed by atoms with E-state index in [-0.39, 0.29) is 10.8 Å². The van der Waals surface area contributed by atoms with Crippen molar-refractivity contribution in [3.63, 3.8) is 0 Å². The Balaban J connectivity index is 1.78. The van der Waals surface area contributed by atoms with Crippen molar-refractivity contribution in [2.24, 2.45) is 0 Å². The van der Waals surface area contributed by atoms with Crippen molar-refractivity contribution in [1.82, 2.24) is 9.29 Å². The lowest BCUT2D eigenvalue weighted by Gasteiger charge is -2.18. The van der Waals surface area contributed by atoms with E-state index in [4.69, 9.17) is 0 Å². The summed E-state index contributed by atoms with van der Waals surface area (Å²) in [5.74, 6) is -0.323. The molecule has 0 fully saturated rings. The molecule has 0 radical (unpaired) electrons. The van der Waals surface area contributed by atoms with Crippen molar-refractivity contribution in [2.75, 3.05) is 24.7 Å². The fourth-order valence-electron chi connectivity index (χ4n) is 2.75. The summed E-state index contributed by atoms with van der Waals surface area (Å²) >= 11 is 3.06. The Morgan fingerprint density at radius 3 is 2.43 bits per heavy atom. The molecule has 28 heavy (non-hydrogen) atoms. The van der Waals surface area contributed by atoms with Gasteiger partial charge in [0.15, 0.2) is 5.13 Å². The van der Waals surface area contributed by atoms with Crippen molar-refractivity contribution in [3.05, 3.63) is 48.0 Å². The molecule has 0 aliphatic rings. The highest BCUT2D eigenvalue weighted by atomic mass is 32.2. The van der Waals surface area contributed by atoms with Crippen molar-refractivity contribution in [1.29, 1.82) is 0 Å². The average molecular weight is 436 g/mol. The van der Waals surface area contributed by atoms with Gasteiger partial charge in [-0.2, -0.15) is 4.31 Å². The molecule has 1 heterocycles. The molecule has 0 aliphatic heterocycles. The van der Waals surface area contributed by atoms with E-state index in [1.54, 1.807) is 25.6 Å². The summed E-state index contributed by atoms with van der Waals surface area (Å²) in [7, 11) is -3.54. The first-order valence-corrected chi connectivity index (χ1v) is 12.2. The number of aromatic nitrogens is 1. The lowest BCUT2D eigenvalue weighted by atomic mass is 10.2. The van der Waals surface area contributed by atoms with Gasteiger partial charge < -0.3 is 0 Å². The summed E-state index contributed by atoms with van der Waals surface area (Å²) in [6.07, 6.45) is 2.01. The Bertz CT molecular complexity index is 1090. The van der Waals surface area contributed by atoms with Gasteiger partial charge in [-0.15, -0.1) is 11.8 Å². The number of carbonyl (C=O) groups excluding carboxylic acids is 1. The van der Waals surface area contributed by atoms with E-state index in [2.05, 4.69) is 10.3 Å². The minimum Gasteiger partial charge on any atom is -0.298 e. The SMILES string of the molecule is CCN(CC)S(=O)(=O)c1ccc(C(=O)Nc2nc3ccc(SC)cc3s2)cc1. The van der Waals surface area contributed by atoms with E-state index in [0.717, 1.165) is 15.1 Å². The van der Waals surface area contributed by atoms with Crippen LogP contribution in [0.5, 0.6) is 0 Å². The van der Waals surface area contributed by atoms with Gasteiger partial charge >= 0.3 is 0 Å². The Kier molecular flexibility index (Phi) is 6.39. The Hall–Kier alpha value is -1.94. The maximum absolute atomic E-state index is 12.5. The van der Waals surface area contributed by atoms with E-state index in [1.165, 1.54) is 39.9 Å². The molecule has 0 saturated carbocycles. The zero-order valence-electron chi connectivity index (χ0n) is 15.8. The molecular formula is C19H21N3O3S3. The van der Waals surface area contributed by atoms with E-state index in [0.29, 0.717) is 23.8 Å². The molecule has 0 atom stereocenters. The molecule has 0 bridgehead atoms. The van der Waals surface area contributed by atoms with Crippen LogP contribution in [-0.2, 0) is 10.0 Å². The molecule has 6 nitrogen and oxygen atoms in total. The Morgan fingerprint density at radius 1 is 1.14 bits per heavy atom. The van der Waals surface area contributed by atoms with Crippen LogP contribution in [0, 0.1) is 0 Å². The van der Waals surface area contributed by atoms with E-state index < -0.39 is 10.0 Å². The minimum atomic E-state index is -3.54.